The van der Waals surface area contributed by atoms with Gasteiger partial charge in [0.05, 0.1) is 0 Å². The smallest absolute Gasteiger partial charge is 0.0306 e. The molecule has 0 bridgehead atoms. The lowest BCUT2D eigenvalue weighted by Crippen LogP contribution is -2.17. The molecule has 0 fully saturated rings. The molecule has 0 radical (unpaired) electrons. The molecule has 0 aromatic carbocycles. The van der Waals surface area contributed by atoms with E-state index >= 15 is 0 Å². The fourth-order valence-electron chi connectivity index (χ4n) is 1.62. The van der Waals surface area contributed by atoms with Crippen LogP contribution in [0.5, 0.6) is 0 Å². The fraction of sp³-hybridized carbons (Fsp3) is 0.667. The first-order chi connectivity index (χ1) is 6.77. The molecule has 0 saturated carbocycles. The van der Waals surface area contributed by atoms with Gasteiger partial charge in [0.2, 0.25) is 0 Å². The van der Waals surface area contributed by atoms with E-state index in [1.54, 1.807) is 0 Å². The Hall–Kier alpha value is -0.760. The Bertz CT molecular complexity index is 253. The lowest BCUT2D eigenvalue weighted by atomic mass is 10.2. The number of nitrogens with one attached hydrogen (secondary N) is 1. The van der Waals surface area contributed by atoms with Crippen molar-refractivity contribution >= 4 is 0 Å². The first-order valence-corrected chi connectivity index (χ1v) is 5.67. The molecular formula is C12H22N2. The van der Waals surface area contributed by atoms with Crippen LogP contribution < -0.4 is 5.32 Å². The van der Waals surface area contributed by atoms with Crippen LogP contribution in [0.25, 0.3) is 0 Å². The van der Waals surface area contributed by atoms with Gasteiger partial charge in [0, 0.05) is 25.0 Å². The monoisotopic (exact) mass is 194 g/mol. The van der Waals surface area contributed by atoms with Crippen LogP contribution in [-0.4, -0.2) is 11.1 Å². The zero-order chi connectivity index (χ0) is 10.4. The Labute approximate surface area is 87.3 Å². The van der Waals surface area contributed by atoms with Gasteiger partial charge in [0.1, 0.15) is 0 Å². The van der Waals surface area contributed by atoms with Gasteiger partial charge in [-0.15, -0.1) is 0 Å². The van der Waals surface area contributed by atoms with Gasteiger partial charge in [-0.05, 0) is 31.5 Å². The van der Waals surface area contributed by atoms with Gasteiger partial charge >= 0.3 is 0 Å². The van der Waals surface area contributed by atoms with Gasteiger partial charge < -0.3 is 9.88 Å². The average Bonchev–Trinajstić information content (AvgIpc) is 2.63. The summed E-state index contributed by atoms with van der Waals surface area (Å²) in [6.07, 6.45) is 6.96. The molecule has 2 nitrogen and oxygen atoms in total. The third-order valence-corrected chi connectivity index (χ3v) is 2.55. The van der Waals surface area contributed by atoms with Crippen molar-refractivity contribution in [3.05, 3.63) is 24.0 Å². The highest BCUT2D eigenvalue weighted by Crippen LogP contribution is 2.12. The molecule has 2 heteroatoms. The first kappa shape index (κ1) is 11.3. The normalized spacial score (nSPS) is 13.1. The van der Waals surface area contributed by atoms with Gasteiger partial charge in [-0.3, -0.25) is 0 Å². The third kappa shape index (κ3) is 3.18. The van der Waals surface area contributed by atoms with Crippen LogP contribution >= 0.6 is 0 Å². The molecule has 1 aromatic heterocycles. The maximum absolute atomic E-state index is 3.42. The Morgan fingerprint density at radius 1 is 1.43 bits per heavy atom. The Morgan fingerprint density at radius 3 is 2.86 bits per heavy atom. The highest BCUT2D eigenvalue weighted by Gasteiger charge is 2.04. The minimum absolute atomic E-state index is 0.475. The van der Waals surface area contributed by atoms with E-state index in [0.29, 0.717) is 6.04 Å². The van der Waals surface area contributed by atoms with E-state index in [1.165, 1.54) is 18.4 Å². The van der Waals surface area contributed by atoms with Crippen LogP contribution in [-0.2, 0) is 6.54 Å². The van der Waals surface area contributed by atoms with E-state index in [4.69, 9.17) is 0 Å². The number of aromatic nitrogens is 1. The predicted octanol–water partition coefficient (Wildman–Crippen LogP) is 2.96. The molecule has 0 aliphatic carbocycles. The second kappa shape index (κ2) is 5.86. The highest BCUT2D eigenvalue weighted by molar-refractivity contribution is 5.14. The van der Waals surface area contributed by atoms with Crippen molar-refractivity contribution in [1.82, 2.24) is 9.88 Å². The Balaban J connectivity index is 2.49. The SMILES string of the molecule is CCCCn1ccc([C@@H](C)NCC)c1. The highest BCUT2D eigenvalue weighted by atomic mass is 15.0. The van der Waals surface area contributed by atoms with Crippen LogP contribution in [0.3, 0.4) is 0 Å². The standard InChI is InChI=1S/C12H22N2/c1-4-6-8-14-9-7-12(10-14)11(3)13-5-2/h7,9-11,13H,4-6,8H2,1-3H3/t11-/m1/s1. The van der Waals surface area contributed by atoms with E-state index < -0.39 is 0 Å². The van der Waals surface area contributed by atoms with Crippen LogP contribution in [0, 0.1) is 0 Å². The van der Waals surface area contributed by atoms with E-state index in [-0.39, 0.29) is 0 Å². The molecule has 0 spiro atoms. The molecular weight excluding hydrogens is 172 g/mol. The number of hydrogen-bond acceptors (Lipinski definition) is 1. The number of unbranched alkanes of at least 4 members (excludes halogenated alkanes) is 1. The number of rotatable bonds is 6. The van der Waals surface area contributed by atoms with Gasteiger partial charge in [-0.2, -0.15) is 0 Å². The first-order valence-electron chi connectivity index (χ1n) is 5.67. The summed E-state index contributed by atoms with van der Waals surface area (Å²) in [6, 6.07) is 2.69. The molecule has 1 atom stereocenters. The lowest BCUT2D eigenvalue weighted by Gasteiger charge is -2.09. The number of nitrogens with zero attached hydrogens (tertiary/aromatic N) is 1. The number of aryl methyl sites for hydroxylation is 1. The van der Waals surface area contributed by atoms with Crippen molar-refractivity contribution in [2.24, 2.45) is 0 Å². The zero-order valence-electron chi connectivity index (χ0n) is 9.59. The lowest BCUT2D eigenvalue weighted by molar-refractivity contribution is 0.590. The maximum atomic E-state index is 3.42. The van der Waals surface area contributed by atoms with Gasteiger partial charge in [0.15, 0.2) is 0 Å². The molecule has 1 N–H and O–H groups in total. The summed E-state index contributed by atoms with van der Waals surface area (Å²) in [7, 11) is 0. The second-order valence-corrected chi connectivity index (χ2v) is 3.82. The molecule has 14 heavy (non-hydrogen) atoms. The van der Waals surface area contributed by atoms with Gasteiger partial charge in [-0.1, -0.05) is 20.3 Å². The summed E-state index contributed by atoms with van der Waals surface area (Å²) in [5.41, 5.74) is 1.39. The van der Waals surface area contributed by atoms with Crippen LogP contribution in [0.2, 0.25) is 0 Å². The third-order valence-electron chi connectivity index (χ3n) is 2.55. The maximum Gasteiger partial charge on any atom is 0.0306 e. The summed E-state index contributed by atoms with van der Waals surface area (Å²) in [5.74, 6) is 0. The predicted molar refractivity (Wildman–Crippen MR) is 61.4 cm³/mol. The topological polar surface area (TPSA) is 17.0 Å². The summed E-state index contributed by atoms with van der Waals surface area (Å²) >= 11 is 0. The molecule has 0 saturated heterocycles. The quantitative estimate of drug-likeness (QED) is 0.736. The summed E-state index contributed by atoms with van der Waals surface area (Å²) in [4.78, 5) is 0. The minimum atomic E-state index is 0.475. The van der Waals surface area contributed by atoms with Crippen molar-refractivity contribution < 1.29 is 0 Å². The summed E-state index contributed by atoms with van der Waals surface area (Å²) in [6.45, 7) is 8.76. The van der Waals surface area contributed by atoms with E-state index in [9.17, 15) is 0 Å². The van der Waals surface area contributed by atoms with Gasteiger partial charge in [-0.25, -0.2) is 0 Å². The Morgan fingerprint density at radius 2 is 2.21 bits per heavy atom. The van der Waals surface area contributed by atoms with Crippen LogP contribution in [0.1, 0.15) is 45.2 Å². The van der Waals surface area contributed by atoms with E-state index in [1.807, 2.05) is 0 Å². The molecule has 0 aliphatic heterocycles. The molecule has 0 aliphatic rings. The summed E-state index contributed by atoms with van der Waals surface area (Å²) < 4.78 is 2.28. The van der Waals surface area contributed by atoms with Crippen molar-refractivity contribution in [3.8, 4) is 0 Å². The molecule has 80 valence electrons. The molecule has 1 heterocycles. The molecule has 0 amide bonds. The van der Waals surface area contributed by atoms with Crippen LogP contribution in [0.15, 0.2) is 18.5 Å². The van der Waals surface area contributed by atoms with Crippen molar-refractivity contribution in [2.75, 3.05) is 6.54 Å². The van der Waals surface area contributed by atoms with Crippen LogP contribution in [0.4, 0.5) is 0 Å². The largest absolute Gasteiger partial charge is 0.354 e. The second-order valence-electron chi connectivity index (χ2n) is 3.82. The summed E-state index contributed by atoms with van der Waals surface area (Å²) in [5, 5.41) is 3.42. The fourth-order valence-corrected chi connectivity index (χ4v) is 1.62. The molecule has 1 rings (SSSR count). The minimum Gasteiger partial charge on any atom is -0.354 e. The zero-order valence-corrected chi connectivity index (χ0v) is 9.59. The van der Waals surface area contributed by atoms with E-state index in [2.05, 4.69) is 49.1 Å². The van der Waals surface area contributed by atoms with Gasteiger partial charge in [0.25, 0.3) is 0 Å². The van der Waals surface area contributed by atoms with Crippen molar-refractivity contribution in [2.45, 2.75) is 46.2 Å². The van der Waals surface area contributed by atoms with E-state index in [0.717, 1.165) is 13.1 Å². The van der Waals surface area contributed by atoms with Crippen molar-refractivity contribution in [1.29, 1.82) is 0 Å². The Kier molecular flexibility index (Phi) is 4.74. The van der Waals surface area contributed by atoms with Crippen molar-refractivity contribution in [3.63, 3.8) is 0 Å². The average molecular weight is 194 g/mol. The number of hydrogen-bond donors (Lipinski definition) is 1. The molecule has 0 unspecified atom stereocenters. The molecule has 1 aromatic rings.